The number of nitrogens with two attached hydrogens (primary N) is 1. The molecular formula is C23H25F3N4O2. The number of carbonyl (C=O) groups excluding carboxylic acids is 1. The molecule has 6 nitrogen and oxygen atoms in total. The second-order valence-corrected chi connectivity index (χ2v) is 7.53. The predicted octanol–water partition coefficient (Wildman–Crippen LogP) is 4.71. The second-order valence-electron chi connectivity index (χ2n) is 7.53. The van der Waals surface area contributed by atoms with Gasteiger partial charge in [0, 0.05) is 35.3 Å². The zero-order chi connectivity index (χ0) is 23.3. The van der Waals surface area contributed by atoms with E-state index in [-0.39, 0.29) is 5.56 Å². The minimum absolute atomic E-state index is 0.0479. The smallest absolute Gasteiger partial charge is 0.416 e. The van der Waals surface area contributed by atoms with Crippen molar-refractivity contribution in [2.45, 2.75) is 45.3 Å². The van der Waals surface area contributed by atoms with E-state index in [1.165, 1.54) is 13.0 Å². The number of carbonyl (C=O) groups is 1. The molecule has 3 rings (SSSR count). The van der Waals surface area contributed by atoms with E-state index in [9.17, 15) is 18.0 Å². The van der Waals surface area contributed by atoms with Crippen LogP contribution >= 0.6 is 0 Å². The zero-order valence-corrected chi connectivity index (χ0v) is 17.9. The highest BCUT2D eigenvalue weighted by Crippen LogP contribution is 2.31. The number of aryl methyl sites for hydroxylation is 1. The number of nitrogens with one attached hydrogen (secondary N) is 1. The number of nitrogens with zero attached hydrogens (tertiary/aromatic N) is 2. The van der Waals surface area contributed by atoms with Gasteiger partial charge in [0.1, 0.15) is 0 Å². The van der Waals surface area contributed by atoms with E-state index in [0.29, 0.717) is 47.8 Å². The Morgan fingerprint density at radius 2 is 2.12 bits per heavy atom. The van der Waals surface area contributed by atoms with E-state index in [1.54, 1.807) is 24.5 Å². The molecular weight excluding hydrogens is 421 g/mol. The van der Waals surface area contributed by atoms with Gasteiger partial charge in [0.25, 0.3) is 5.91 Å². The Bertz CT molecular complexity index is 1050. The van der Waals surface area contributed by atoms with Crippen molar-refractivity contribution in [3.63, 3.8) is 0 Å². The van der Waals surface area contributed by atoms with Gasteiger partial charge in [0.2, 0.25) is 5.88 Å². The zero-order valence-electron chi connectivity index (χ0n) is 17.9. The van der Waals surface area contributed by atoms with Crippen LogP contribution in [0.4, 0.5) is 18.9 Å². The average Bonchev–Trinajstić information content (AvgIpc) is 2.73. The van der Waals surface area contributed by atoms with E-state index in [1.807, 2.05) is 6.92 Å². The molecule has 0 spiro atoms. The number of amides is 1. The van der Waals surface area contributed by atoms with E-state index in [0.717, 1.165) is 18.6 Å². The minimum atomic E-state index is -4.53. The van der Waals surface area contributed by atoms with Crippen molar-refractivity contribution >= 4 is 17.8 Å². The van der Waals surface area contributed by atoms with Crippen LogP contribution in [0.5, 0.6) is 5.88 Å². The van der Waals surface area contributed by atoms with Crippen LogP contribution < -0.4 is 15.8 Å². The highest BCUT2D eigenvalue weighted by Gasteiger charge is 2.32. The molecule has 0 saturated carbocycles. The molecule has 0 bridgehead atoms. The minimum Gasteiger partial charge on any atom is -0.478 e. The van der Waals surface area contributed by atoms with Gasteiger partial charge < -0.3 is 15.8 Å². The summed E-state index contributed by atoms with van der Waals surface area (Å²) in [7, 11) is 0. The summed E-state index contributed by atoms with van der Waals surface area (Å²) in [5.74, 6) is -0.148. The number of rotatable bonds is 6. The summed E-state index contributed by atoms with van der Waals surface area (Å²) in [6.07, 6.45) is 0.634. The van der Waals surface area contributed by atoms with Crippen LogP contribution in [-0.4, -0.2) is 29.8 Å². The van der Waals surface area contributed by atoms with Crippen LogP contribution in [-0.2, 0) is 6.18 Å². The summed E-state index contributed by atoms with van der Waals surface area (Å²) in [5.41, 5.74) is 7.47. The van der Waals surface area contributed by atoms with E-state index in [4.69, 9.17) is 10.5 Å². The molecule has 1 aliphatic carbocycles. The first-order chi connectivity index (χ1) is 15.2. The van der Waals surface area contributed by atoms with Crippen LogP contribution in [0.3, 0.4) is 0 Å². The number of aromatic nitrogens is 1. The number of halogens is 3. The van der Waals surface area contributed by atoms with Crippen LogP contribution in [0.1, 0.15) is 47.7 Å². The molecule has 1 atom stereocenters. The number of hydrogen-bond donors (Lipinski definition) is 2. The molecule has 0 radical (unpaired) electrons. The van der Waals surface area contributed by atoms with Gasteiger partial charge in [0.15, 0.2) is 0 Å². The van der Waals surface area contributed by atoms with Gasteiger partial charge in [-0.1, -0.05) is 0 Å². The van der Waals surface area contributed by atoms with Crippen LogP contribution in [0.15, 0.2) is 52.8 Å². The van der Waals surface area contributed by atoms with Crippen molar-refractivity contribution in [2.75, 3.05) is 6.61 Å². The summed E-state index contributed by atoms with van der Waals surface area (Å²) >= 11 is 0. The maximum atomic E-state index is 13.1. The molecule has 170 valence electrons. The number of pyridine rings is 1. The molecule has 3 N–H and O–H groups in total. The van der Waals surface area contributed by atoms with Crippen molar-refractivity contribution in [2.24, 2.45) is 10.7 Å². The largest absolute Gasteiger partial charge is 0.478 e. The summed E-state index contributed by atoms with van der Waals surface area (Å²) in [6, 6.07) is 6.23. The molecule has 1 aromatic carbocycles. The first-order valence-corrected chi connectivity index (χ1v) is 10.3. The lowest BCUT2D eigenvalue weighted by Crippen LogP contribution is -2.39. The highest BCUT2D eigenvalue weighted by atomic mass is 19.4. The van der Waals surface area contributed by atoms with Crippen LogP contribution in [0.2, 0.25) is 0 Å². The molecule has 0 saturated heterocycles. The standard InChI is InChI=1S/C23H25F3N4O2/c1-3-32-21-12-17(7-8-28-21)29-13-18-19(27)5-4-6-20(18)30-22(31)15-9-14(2)10-16(11-15)23(24,25)26/h7-13,20H,3-6,27H2,1-2H3,(H,30,31). The monoisotopic (exact) mass is 446 g/mol. The summed E-state index contributed by atoms with van der Waals surface area (Å²) in [4.78, 5) is 21.3. The highest BCUT2D eigenvalue weighted by molar-refractivity contribution is 5.96. The van der Waals surface area contributed by atoms with Crippen molar-refractivity contribution in [1.82, 2.24) is 10.3 Å². The topological polar surface area (TPSA) is 89.6 Å². The lowest BCUT2D eigenvalue weighted by molar-refractivity contribution is -0.137. The summed E-state index contributed by atoms with van der Waals surface area (Å²) < 4.78 is 44.8. The fraction of sp³-hybridized carbons (Fsp3) is 0.348. The average molecular weight is 446 g/mol. The Morgan fingerprint density at radius 3 is 2.84 bits per heavy atom. The summed E-state index contributed by atoms with van der Waals surface area (Å²) in [6.45, 7) is 3.85. The SMILES string of the molecule is CCOc1cc(N=CC2=C(N)CCCC2NC(=O)c2cc(C)cc(C(F)(F)F)c2)ccn1. The number of benzene rings is 1. The molecule has 0 aliphatic heterocycles. The number of allylic oxidation sites excluding steroid dienone is 1. The molecule has 1 amide bonds. The molecule has 1 aromatic heterocycles. The van der Waals surface area contributed by atoms with Gasteiger partial charge >= 0.3 is 6.18 Å². The molecule has 1 aliphatic rings. The van der Waals surface area contributed by atoms with E-state index in [2.05, 4.69) is 15.3 Å². The molecule has 2 aromatic rings. The Kier molecular flexibility index (Phi) is 7.17. The lowest BCUT2D eigenvalue weighted by Gasteiger charge is -2.26. The second kappa shape index (κ2) is 9.84. The molecule has 9 heteroatoms. The van der Waals surface area contributed by atoms with Gasteiger partial charge in [-0.3, -0.25) is 9.79 Å². The Balaban J connectivity index is 1.81. The normalized spacial score (nSPS) is 17.0. The third kappa shape index (κ3) is 5.87. The van der Waals surface area contributed by atoms with E-state index >= 15 is 0 Å². The first-order valence-electron chi connectivity index (χ1n) is 10.3. The quantitative estimate of drug-likeness (QED) is 0.629. The Morgan fingerprint density at radius 1 is 1.34 bits per heavy atom. The van der Waals surface area contributed by atoms with Gasteiger partial charge in [-0.2, -0.15) is 13.2 Å². The van der Waals surface area contributed by atoms with Crippen molar-refractivity contribution < 1.29 is 22.7 Å². The van der Waals surface area contributed by atoms with Crippen molar-refractivity contribution in [3.8, 4) is 5.88 Å². The fourth-order valence-corrected chi connectivity index (χ4v) is 3.51. The first kappa shape index (κ1) is 23.3. The van der Waals surface area contributed by atoms with Crippen molar-refractivity contribution in [3.05, 3.63) is 64.5 Å². The van der Waals surface area contributed by atoms with Gasteiger partial charge in [0.05, 0.1) is 23.9 Å². The predicted molar refractivity (Wildman–Crippen MR) is 116 cm³/mol. The third-order valence-electron chi connectivity index (χ3n) is 5.02. The van der Waals surface area contributed by atoms with Crippen molar-refractivity contribution in [1.29, 1.82) is 0 Å². The number of alkyl halides is 3. The maximum Gasteiger partial charge on any atom is 0.416 e. The Labute approximate surface area is 184 Å². The molecule has 1 unspecified atom stereocenters. The Hall–Kier alpha value is -3.36. The fourth-order valence-electron chi connectivity index (χ4n) is 3.51. The third-order valence-corrected chi connectivity index (χ3v) is 5.02. The molecule has 0 fully saturated rings. The number of hydrogen-bond acceptors (Lipinski definition) is 5. The summed E-state index contributed by atoms with van der Waals surface area (Å²) in [5, 5.41) is 2.82. The number of ether oxygens (including phenoxy) is 1. The molecule has 1 heterocycles. The van der Waals surface area contributed by atoms with Crippen LogP contribution in [0.25, 0.3) is 0 Å². The van der Waals surface area contributed by atoms with Gasteiger partial charge in [-0.05, 0) is 62.9 Å². The lowest BCUT2D eigenvalue weighted by atomic mass is 9.91. The van der Waals surface area contributed by atoms with Gasteiger partial charge in [-0.25, -0.2) is 4.98 Å². The maximum absolute atomic E-state index is 13.1. The van der Waals surface area contributed by atoms with Crippen LogP contribution in [0, 0.1) is 6.92 Å². The van der Waals surface area contributed by atoms with Gasteiger partial charge in [-0.15, -0.1) is 0 Å². The van der Waals surface area contributed by atoms with E-state index < -0.39 is 23.7 Å². The number of aliphatic imine (C=N–C) groups is 1. The molecule has 32 heavy (non-hydrogen) atoms.